The number of hydrogen-bond acceptors (Lipinski definition) is 1. The zero-order valence-electron chi connectivity index (χ0n) is 8.46. The van der Waals surface area contributed by atoms with Gasteiger partial charge in [0, 0.05) is 6.04 Å². The van der Waals surface area contributed by atoms with Crippen molar-refractivity contribution in [2.24, 2.45) is 35.3 Å². The van der Waals surface area contributed by atoms with Crippen LogP contribution in [-0.4, -0.2) is 6.04 Å². The number of nitrogens with two attached hydrogens (primary N) is 1. The summed E-state index contributed by atoms with van der Waals surface area (Å²) < 4.78 is 0. The smallest absolute Gasteiger partial charge is 0.00442 e. The molecule has 0 radical (unpaired) electrons. The Hall–Kier alpha value is -0.0400. The zero-order valence-corrected chi connectivity index (χ0v) is 8.46. The van der Waals surface area contributed by atoms with Crippen molar-refractivity contribution in [1.29, 1.82) is 0 Å². The van der Waals surface area contributed by atoms with Gasteiger partial charge in [-0.25, -0.2) is 0 Å². The summed E-state index contributed by atoms with van der Waals surface area (Å²) in [6, 6.07) is 0.430. The van der Waals surface area contributed by atoms with Crippen molar-refractivity contribution in [2.45, 2.75) is 39.7 Å². The van der Waals surface area contributed by atoms with Crippen LogP contribution >= 0.6 is 0 Å². The molecule has 70 valence electrons. The highest BCUT2D eigenvalue weighted by Gasteiger charge is 2.51. The van der Waals surface area contributed by atoms with Gasteiger partial charge in [-0.05, 0) is 49.4 Å². The molecular formula is C11H21N. The van der Waals surface area contributed by atoms with Gasteiger partial charge in [-0.3, -0.25) is 0 Å². The van der Waals surface area contributed by atoms with Crippen molar-refractivity contribution in [3.63, 3.8) is 0 Å². The molecule has 0 aromatic rings. The van der Waals surface area contributed by atoms with Crippen LogP contribution < -0.4 is 5.73 Å². The molecule has 0 aromatic carbocycles. The van der Waals surface area contributed by atoms with Gasteiger partial charge in [-0.1, -0.05) is 13.8 Å². The van der Waals surface area contributed by atoms with Crippen LogP contribution in [0.15, 0.2) is 0 Å². The van der Waals surface area contributed by atoms with Gasteiger partial charge in [0.2, 0.25) is 0 Å². The van der Waals surface area contributed by atoms with Gasteiger partial charge in [0.25, 0.3) is 0 Å². The number of hydrogen-bond donors (Lipinski definition) is 1. The summed E-state index contributed by atoms with van der Waals surface area (Å²) in [7, 11) is 0. The van der Waals surface area contributed by atoms with E-state index in [2.05, 4.69) is 20.8 Å². The van der Waals surface area contributed by atoms with E-state index < -0.39 is 0 Å². The highest BCUT2D eigenvalue weighted by atomic mass is 14.7. The summed E-state index contributed by atoms with van der Waals surface area (Å²) in [5.41, 5.74) is 6.01. The topological polar surface area (TPSA) is 26.0 Å². The molecular weight excluding hydrogens is 146 g/mol. The Bertz CT molecular complexity index is 162. The zero-order chi connectivity index (χ0) is 8.88. The molecule has 0 spiro atoms. The first-order valence-electron chi connectivity index (χ1n) is 5.37. The third-order valence-corrected chi connectivity index (χ3v) is 4.35. The molecule has 3 saturated carbocycles. The highest BCUT2D eigenvalue weighted by molar-refractivity contribution is 5.01. The number of fused-ring (bicyclic) bond motifs is 2. The molecule has 0 aliphatic heterocycles. The van der Waals surface area contributed by atoms with E-state index in [0.29, 0.717) is 6.04 Å². The fraction of sp³-hybridized carbons (Fsp3) is 1.00. The first-order chi connectivity index (χ1) is 5.61. The highest BCUT2D eigenvalue weighted by Crippen LogP contribution is 2.56. The summed E-state index contributed by atoms with van der Waals surface area (Å²) in [4.78, 5) is 0. The van der Waals surface area contributed by atoms with Crippen molar-refractivity contribution in [3.05, 3.63) is 0 Å². The molecule has 1 heteroatoms. The second-order valence-electron chi connectivity index (χ2n) is 5.19. The van der Waals surface area contributed by atoms with Gasteiger partial charge in [0.1, 0.15) is 0 Å². The first-order valence-corrected chi connectivity index (χ1v) is 5.37. The standard InChI is InChI=1S/C11H21N/c1-6-4-7(2)10-5-9(6)11(10)8(3)12/h6-11H,4-5,12H2,1-3H3/t6-,7+,8?,9?,10?,11-. The first kappa shape index (κ1) is 8.55. The molecule has 12 heavy (non-hydrogen) atoms. The van der Waals surface area contributed by atoms with Crippen molar-refractivity contribution >= 4 is 0 Å². The molecule has 0 saturated heterocycles. The minimum absolute atomic E-state index is 0.430. The van der Waals surface area contributed by atoms with Crippen LogP contribution in [0.5, 0.6) is 0 Å². The van der Waals surface area contributed by atoms with Gasteiger partial charge in [-0.2, -0.15) is 0 Å². The van der Waals surface area contributed by atoms with E-state index in [4.69, 9.17) is 5.73 Å². The lowest BCUT2D eigenvalue weighted by Gasteiger charge is -2.57. The van der Waals surface area contributed by atoms with Crippen LogP contribution in [0.4, 0.5) is 0 Å². The molecule has 6 atom stereocenters. The lowest BCUT2D eigenvalue weighted by molar-refractivity contribution is -0.0767. The average molecular weight is 167 g/mol. The Labute approximate surface area is 75.7 Å². The van der Waals surface area contributed by atoms with Crippen LogP contribution in [0.3, 0.4) is 0 Å². The lowest BCUT2D eigenvalue weighted by Crippen LogP contribution is -2.55. The van der Waals surface area contributed by atoms with Crippen LogP contribution in [0.25, 0.3) is 0 Å². The monoisotopic (exact) mass is 167 g/mol. The largest absolute Gasteiger partial charge is 0.328 e. The molecule has 3 unspecified atom stereocenters. The molecule has 2 N–H and O–H groups in total. The van der Waals surface area contributed by atoms with E-state index in [9.17, 15) is 0 Å². The molecule has 3 aliphatic rings. The van der Waals surface area contributed by atoms with Crippen molar-refractivity contribution < 1.29 is 0 Å². The van der Waals surface area contributed by atoms with Crippen LogP contribution in [0.1, 0.15) is 33.6 Å². The van der Waals surface area contributed by atoms with Crippen molar-refractivity contribution in [1.82, 2.24) is 0 Å². The van der Waals surface area contributed by atoms with Crippen molar-refractivity contribution in [3.8, 4) is 0 Å². The van der Waals surface area contributed by atoms with Crippen LogP contribution in [-0.2, 0) is 0 Å². The molecule has 1 nitrogen and oxygen atoms in total. The van der Waals surface area contributed by atoms with Gasteiger partial charge in [-0.15, -0.1) is 0 Å². The predicted molar refractivity (Wildman–Crippen MR) is 51.7 cm³/mol. The van der Waals surface area contributed by atoms with E-state index >= 15 is 0 Å². The average Bonchev–Trinajstić information content (AvgIpc) is 1.80. The van der Waals surface area contributed by atoms with Gasteiger partial charge < -0.3 is 5.73 Å². The predicted octanol–water partition coefficient (Wildman–Crippen LogP) is 2.26. The van der Waals surface area contributed by atoms with Crippen LogP contribution in [0.2, 0.25) is 0 Å². The molecule has 0 amide bonds. The Balaban J connectivity index is 2.09. The maximum absolute atomic E-state index is 6.01. The van der Waals surface area contributed by atoms with E-state index in [1.807, 2.05) is 0 Å². The Morgan fingerprint density at radius 2 is 1.58 bits per heavy atom. The third-order valence-electron chi connectivity index (χ3n) is 4.35. The van der Waals surface area contributed by atoms with Gasteiger partial charge in [0.15, 0.2) is 0 Å². The van der Waals surface area contributed by atoms with Crippen LogP contribution in [0, 0.1) is 29.6 Å². The SMILES string of the molecule is CC(N)[C@@H]1C2CC1[C@@H](C)C[C@H]2C. The third kappa shape index (κ3) is 1.02. The second-order valence-corrected chi connectivity index (χ2v) is 5.19. The summed E-state index contributed by atoms with van der Waals surface area (Å²) in [5.74, 6) is 4.64. The minimum Gasteiger partial charge on any atom is -0.328 e. The molecule has 3 aliphatic carbocycles. The molecule has 3 rings (SSSR count). The molecule has 2 bridgehead atoms. The minimum atomic E-state index is 0.430. The Morgan fingerprint density at radius 3 is 1.92 bits per heavy atom. The molecule has 0 aromatic heterocycles. The summed E-state index contributed by atoms with van der Waals surface area (Å²) in [5, 5.41) is 0. The van der Waals surface area contributed by atoms with E-state index in [-0.39, 0.29) is 0 Å². The summed E-state index contributed by atoms with van der Waals surface area (Å²) in [6.45, 7) is 7.01. The normalized spacial score (nSPS) is 54.5. The van der Waals surface area contributed by atoms with E-state index in [1.165, 1.54) is 12.8 Å². The fourth-order valence-electron chi connectivity index (χ4n) is 3.69. The number of rotatable bonds is 1. The summed E-state index contributed by atoms with van der Waals surface area (Å²) >= 11 is 0. The van der Waals surface area contributed by atoms with E-state index in [1.54, 1.807) is 0 Å². The Kier molecular flexibility index (Phi) is 1.95. The maximum atomic E-state index is 6.01. The van der Waals surface area contributed by atoms with Gasteiger partial charge >= 0.3 is 0 Å². The molecule has 0 heterocycles. The Morgan fingerprint density at radius 1 is 1.08 bits per heavy atom. The van der Waals surface area contributed by atoms with Crippen molar-refractivity contribution in [2.75, 3.05) is 0 Å². The fourth-order valence-corrected chi connectivity index (χ4v) is 3.69. The molecule has 3 fully saturated rings. The second kappa shape index (κ2) is 2.73. The maximum Gasteiger partial charge on any atom is 0.00442 e. The lowest BCUT2D eigenvalue weighted by atomic mass is 9.48. The quantitative estimate of drug-likeness (QED) is 0.637. The van der Waals surface area contributed by atoms with Gasteiger partial charge in [0.05, 0.1) is 0 Å². The summed E-state index contributed by atoms with van der Waals surface area (Å²) in [6.07, 6.45) is 2.91. The van der Waals surface area contributed by atoms with E-state index in [0.717, 1.165) is 29.6 Å².